The first-order valence-corrected chi connectivity index (χ1v) is 8.24. The van der Waals surface area contributed by atoms with Gasteiger partial charge in [0.25, 0.3) is 0 Å². The SMILES string of the molecule is O=C(O)C1CCN(S(=O)(=O)C2CCCCC2)CC1. The van der Waals surface area contributed by atoms with Crippen LogP contribution >= 0.6 is 0 Å². The number of carboxylic acid groups (broad SMARTS) is 1. The highest BCUT2D eigenvalue weighted by atomic mass is 32.2. The van der Waals surface area contributed by atoms with E-state index in [4.69, 9.17) is 5.11 Å². The maximum atomic E-state index is 12.4. The lowest BCUT2D eigenvalue weighted by molar-refractivity contribution is -0.142. The zero-order valence-corrected chi connectivity index (χ0v) is 11.4. The van der Waals surface area contributed by atoms with Crippen molar-refractivity contribution in [2.45, 2.75) is 50.2 Å². The van der Waals surface area contributed by atoms with E-state index in [1.807, 2.05) is 0 Å². The Hall–Kier alpha value is -0.620. The average molecular weight is 275 g/mol. The molecule has 5 nitrogen and oxygen atoms in total. The number of carboxylic acids is 1. The third kappa shape index (κ3) is 2.85. The van der Waals surface area contributed by atoms with Crippen LogP contribution in [0.4, 0.5) is 0 Å². The van der Waals surface area contributed by atoms with E-state index in [0.29, 0.717) is 25.9 Å². The van der Waals surface area contributed by atoms with E-state index in [1.54, 1.807) is 0 Å². The summed E-state index contributed by atoms with van der Waals surface area (Å²) >= 11 is 0. The standard InChI is InChI=1S/C12H21NO4S/c14-12(15)10-6-8-13(9-7-10)18(16,17)11-4-2-1-3-5-11/h10-11H,1-9H2,(H,14,15). The van der Waals surface area contributed by atoms with Gasteiger partial charge in [0.2, 0.25) is 10.0 Å². The molecule has 0 atom stereocenters. The van der Waals surface area contributed by atoms with Gasteiger partial charge in [-0.2, -0.15) is 0 Å². The van der Waals surface area contributed by atoms with Crippen LogP contribution in [0.2, 0.25) is 0 Å². The van der Waals surface area contributed by atoms with Gasteiger partial charge < -0.3 is 5.11 Å². The molecule has 0 unspecified atom stereocenters. The third-order valence-corrected chi connectivity index (χ3v) is 6.54. The number of aliphatic carboxylic acids is 1. The fourth-order valence-corrected chi connectivity index (χ4v) is 5.00. The van der Waals surface area contributed by atoms with Gasteiger partial charge in [-0.15, -0.1) is 0 Å². The van der Waals surface area contributed by atoms with E-state index in [1.165, 1.54) is 4.31 Å². The minimum atomic E-state index is -3.19. The predicted molar refractivity (Wildman–Crippen MR) is 67.7 cm³/mol. The van der Waals surface area contributed by atoms with E-state index >= 15 is 0 Å². The summed E-state index contributed by atoms with van der Waals surface area (Å²) in [7, 11) is -3.19. The largest absolute Gasteiger partial charge is 0.481 e. The molecule has 104 valence electrons. The van der Waals surface area contributed by atoms with Gasteiger partial charge in [-0.1, -0.05) is 19.3 Å². The lowest BCUT2D eigenvalue weighted by Gasteiger charge is -2.33. The Kier molecular flexibility index (Phi) is 4.27. The van der Waals surface area contributed by atoms with Gasteiger partial charge >= 0.3 is 5.97 Å². The molecule has 2 rings (SSSR count). The molecule has 0 aromatic carbocycles. The first-order valence-electron chi connectivity index (χ1n) is 6.73. The molecule has 0 aromatic rings. The molecule has 1 aliphatic heterocycles. The maximum Gasteiger partial charge on any atom is 0.306 e. The molecular weight excluding hydrogens is 254 g/mol. The predicted octanol–water partition coefficient (Wildman–Crippen LogP) is 1.45. The van der Waals surface area contributed by atoms with Crippen LogP contribution in [0, 0.1) is 5.92 Å². The van der Waals surface area contributed by atoms with Gasteiger partial charge in [-0.05, 0) is 25.7 Å². The Morgan fingerprint density at radius 3 is 2.06 bits per heavy atom. The highest BCUT2D eigenvalue weighted by molar-refractivity contribution is 7.89. The summed E-state index contributed by atoms with van der Waals surface area (Å²) in [6, 6.07) is 0. The number of piperidine rings is 1. The van der Waals surface area contributed by atoms with E-state index in [-0.39, 0.29) is 11.2 Å². The number of hydrogen-bond acceptors (Lipinski definition) is 3. The van der Waals surface area contributed by atoms with Crippen molar-refractivity contribution in [2.24, 2.45) is 5.92 Å². The van der Waals surface area contributed by atoms with Crippen molar-refractivity contribution < 1.29 is 18.3 Å². The summed E-state index contributed by atoms with van der Waals surface area (Å²) in [6.45, 7) is 0.742. The molecule has 1 saturated carbocycles. The maximum absolute atomic E-state index is 12.4. The Labute approximate surface area is 108 Å². The number of hydrogen-bond donors (Lipinski definition) is 1. The number of rotatable bonds is 3. The summed E-state index contributed by atoms with van der Waals surface area (Å²) in [5, 5.41) is 8.68. The molecule has 1 heterocycles. The molecule has 1 saturated heterocycles. The normalized spacial score (nSPS) is 25.1. The lowest BCUT2D eigenvalue weighted by Crippen LogP contribution is -2.45. The van der Waals surface area contributed by atoms with Gasteiger partial charge in [-0.3, -0.25) is 4.79 Å². The number of nitrogens with zero attached hydrogens (tertiary/aromatic N) is 1. The molecular formula is C12H21NO4S. The molecule has 2 fully saturated rings. The van der Waals surface area contributed by atoms with Crippen molar-refractivity contribution in [1.29, 1.82) is 0 Å². The zero-order chi connectivity index (χ0) is 13.2. The second-order valence-corrected chi connectivity index (χ2v) is 7.53. The summed E-state index contributed by atoms with van der Waals surface area (Å²) < 4.78 is 26.3. The van der Waals surface area contributed by atoms with Gasteiger partial charge in [0.05, 0.1) is 11.2 Å². The number of sulfonamides is 1. The van der Waals surface area contributed by atoms with E-state index in [9.17, 15) is 13.2 Å². The van der Waals surface area contributed by atoms with Crippen LogP contribution in [0.3, 0.4) is 0 Å². The van der Waals surface area contributed by atoms with Crippen LogP contribution in [0.5, 0.6) is 0 Å². The Morgan fingerprint density at radius 1 is 1.00 bits per heavy atom. The topological polar surface area (TPSA) is 74.7 Å². The van der Waals surface area contributed by atoms with Gasteiger partial charge in [0.1, 0.15) is 0 Å². The molecule has 1 N–H and O–H groups in total. The molecule has 0 amide bonds. The Morgan fingerprint density at radius 2 is 1.56 bits per heavy atom. The second kappa shape index (κ2) is 5.57. The fraction of sp³-hybridized carbons (Fsp3) is 0.917. The van der Waals surface area contributed by atoms with Crippen molar-refractivity contribution >= 4 is 16.0 Å². The first-order chi connectivity index (χ1) is 8.51. The third-order valence-electron chi connectivity index (χ3n) is 4.14. The molecule has 0 spiro atoms. The minimum absolute atomic E-state index is 0.229. The molecule has 18 heavy (non-hydrogen) atoms. The van der Waals surface area contributed by atoms with Gasteiger partial charge in [-0.25, -0.2) is 12.7 Å². The second-order valence-electron chi connectivity index (χ2n) is 5.32. The summed E-state index contributed by atoms with van der Waals surface area (Å²) in [5.41, 5.74) is 0. The van der Waals surface area contributed by atoms with Crippen LogP contribution in [0.25, 0.3) is 0 Å². The van der Waals surface area contributed by atoms with Crippen molar-refractivity contribution in [3.05, 3.63) is 0 Å². The molecule has 0 radical (unpaired) electrons. The van der Waals surface area contributed by atoms with E-state index in [0.717, 1.165) is 32.1 Å². The number of carbonyl (C=O) groups is 1. The summed E-state index contributed by atoms with van der Waals surface area (Å²) in [5.74, 6) is -1.17. The molecule has 6 heteroatoms. The van der Waals surface area contributed by atoms with Crippen molar-refractivity contribution in [2.75, 3.05) is 13.1 Å². The van der Waals surface area contributed by atoms with Crippen LogP contribution < -0.4 is 0 Å². The lowest BCUT2D eigenvalue weighted by atomic mass is 9.99. The molecule has 1 aliphatic carbocycles. The van der Waals surface area contributed by atoms with Crippen LogP contribution in [0.15, 0.2) is 0 Å². The van der Waals surface area contributed by atoms with Gasteiger partial charge in [0.15, 0.2) is 0 Å². The van der Waals surface area contributed by atoms with Crippen molar-refractivity contribution in [3.8, 4) is 0 Å². The fourth-order valence-electron chi connectivity index (χ4n) is 2.93. The highest BCUT2D eigenvalue weighted by Gasteiger charge is 2.36. The quantitative estimate of drug-likeness (QED) is 0.846. The monoisotopic (exact) mass is 275 g/mol. The van der Waals surface area contributed by atoms with Crippen molar-refractivity contribution in [3.63, 3.8) is 0 Å². The zero-order valence-electron chi connectivity index (χ0n) is 10.5. The molecule has 2 aliphatic rings. The highest BCUT2D eigenvalue weighted by Crippen LogP contribution is 2.28. The smallest absolute Gasteiger partial charge is 0.306 e. The Bertz CT molecular complexity index is 392. The van der Waals surface area contributed by atoms with Crippen LogP contribution in [-0.2, 0) is 14.8 Å². The minimum Gasteiger partial charge on any atom is -0.481 e. The summed E-state index contributed by atoms with van der Waals surface area (Å²) in [6.07, 6.45) is 5.54. The Balaban J connectivity index is 1.97. The van der Waals surface area contributed by atoms with E-state index in [2.05, 4.69) is 0 Å². The average Bonchev–Trinajstić information content (AvgIpc) is 2.40. The van der Waals surface area contributed by atoms with Gasteiger partial charge in [0, 0.05) is 13.1 Å². The van der Waals surface area contributed by atoms with Crippen molar-refractivity contribution in [1.82, 2.24) is 4.31 Å². The van der Waals surface area contributed by atoms with E-state index < -0.39 is 16.0 Å². The first kappa shape index (κ1) is 13.8. The van der Waals surface area contributed by atoms with Crippen LogP contribution in [0.1, 0.15) is 44.9 Å². The molecule has 0 aromatic heterocycles. The summed E-state index contributed by atoms with van der Waals surface area (Å²) in [4.78, 5) is 10.8. The molecule has 0 bridgehead atoms. The van der Waals surface area contributed by atoms with Crippen LogP contribution in [-0.4, -0.2) is 42.1 Å².